The third-order valence-corrected chi connectivity index (χ3v) is 13.6. The summed E-state index contributed by atoms with van der Waals surface area (Å²) in [5.74, 6) is -0.908. The van der Waals surface area contributed by atoms with E-state index in [1.54, 1.807) is 0 Å². The number of hydrogen-bond acceptors (Lipinski definition) is 6. The summed E-state index contributed by atoms with van der Waals surface area (Å²) in [6.07, 6.45) is 93.1. The lowest BCUT2D eigenvalue weighted by atomic mass is 10.0. The first-order valence-corrected chi connectivity index (χ1v) is 32.7. The quantitative estimate of drug-likeness (QED) is 0.0261. The molecule has 0 saturated carbocycles. The lowest BCUT2D eigenvalue weighted by molar-refractivity contribution is -0.167. The van der Waals surface area contributed by atoms with Gasteiger partial charge in [0.25, 0.3) is 0 Å². The molecule has 0 radical (unpaired) electrons. The van der Waals surface area contributed by atoms with Gasteiger partial charge in [0.1, 0.15) is 13.2 Å². The van der Waals surface area contributed by atoms with Crippen LogP contribution >= 0.6 is 0 Å². The molecule has 6 nitrogen and oxygen atoms in total. The molecular formula is C73H120O6. The van der Waals surface area contributed by atoms with Crippen LogP contribution in [0.4, 0.5) is 0 Å². The number of ether oxygens (including phenoxy) is 3. The fourth-order valence-corrected chi connectivity index (χ4v) is 8.85. The summed E-state index contributed by atoms with van der Waals surface area (Å²) in [6, 6.07) is 0. The van der Waals surface area contributed by atoms with Crippen LogP contribution in [0.3, 0.4) is 0 Å². The molecule has 0 rings (SSSR count). The number of allylic oxidation sites excluding steroid dienone is 22. The third-order valence-electron chi connectivity index (χ3n) is 13.6. The second kappa shape index (κ2) is 66.1. The van der Waals surface area contributed by atoms with Crippen molar-refractivity contribution in [1.29, 1.82) is 0 Å². The van der Waals surface area contributed by atoms with Crippen LogP contribution in [-0.2, 0) is 28.6 Å². The van der Waals surface area contributed by atoms with E-state index < -0.39 is 6.10 Å². The first kappa shape index (κ1) is 74.5. The van der Waals surface area contributed by atoms with E-state index in [0.29, 0.717) is 19.3 Å². The summed E-state index contributed by atoms with van der Waals surface area (Å²) in [7, 11) is 0. The Morgan fingerprint density at radius 3 is 0.709 bits per heavy atom. The van der Waals surface area contributed by atoms with E-state index >= 15 is 0 Å². The van der Waals surface area contributed by atoms with Crippen LogP contribution in [0.5, 0.6) is 0 Å². The van der Waals surface area contributed by atoms with Gasteiger partial charge in [0.15, 0.2) is 6.10 Å². The molecule has 0 spiro atoms. The van der Waals surface area contributed by atoms with Crippen LogP contribution in [0.25, 0.3) is 0 Å². The van der Waals surface area contributed by atoms with E-state index in [1.807, 2.05) is 0 Å². The summed E-state index contributed by atoms with van der Waals surface area (Å²) in [6.45, 7) is 6.30. The Hall–Kier alpha value is -4.45. The highest BCUT2D eigenvalue weighted by Crippen LogP contribution is 2.16. The summed E-state index contributed by atoms with van der Waals surface area (Å²) in [4.78, 5) is 38.4. The van der Waals surface area contributed by atoms with Crippen LogP contribution in [0.15, 0.2) is 134 Å². The summed E-state index contributed by atoms with van der Waals surface area (Å²) in [5.41, 5.74) is 0. The van der Waals surface area contributed by atoms with E-state index in [1.165, 1.54) is 109 Å². The summed E-state index contributed by atoms with van der Waals surface area (Å²) >= 11 is 0. The molecule has 79 heavy (non-hydrogen) atoms. The Labute approximate surface area is 487 Å². The van der Waals surface area contributed by atoms with E-state index in [2.05, 4.69) is 154 Å². The highest BCUT2D eigenvalue weighted by Gasteiger charge is 2.19. The van der Waals surface area contributed by atoms with Gasteiger partial charge in [0, 0.05) is 19.3 Å². The van der Waals surface area contributed by atoms with E-state index in [4.69, 9.17) is 14.2 Å². The Bertz CT molecular complexity index is 1680. The van der Waals surface area contributed by atoms with Crippen molar-refractivity contribution >= 4 is 17.9 Å². The molecule has 1 unspecified atom stereocenters. The molecule has 6 heteroatoms. The van der Waals surface area contributed by atoms with Gasteiger partial charge in [-0.3, -0.25) is 14.4 Å². The van der Waals surface area contributed by atoms with Crippen molar-refractivity contribution in [3.05, 3.63) is 134 Å². The van der Waals surface area contributed by atoms with Gasteiger partial charge < -0.3 is 14.2 Å². The fourth-order valence-electron chi connectivity index (χ4n) is 8.85. The Kier molecular flexibility index (Phi) is 62.3. The van der Waals surface area contributed by atoms with Gasteiger partial charge in [-0.05, 0) is 128 Å². The Balaban J connectivity index is 4.36. The predicted octanol–water partition coefficient (Wildman–Crippen LogP) is 22.5. The third kappa shape index (κ3) is 64.3. The molecule has 0 saturated heterocycles. The summed E-state index contributed by atoms with van der Waals surface area (Å²) < 4.78 is 16.9. The van der Waals surface area contributed by atoms with Gasteiger partial charge in [0.05, 0.1) is 0 Å². The van der Waals surface area contributed by atoms with Gasteiger partial charge in [-0.2, -0.15) is 0 Å². The second-order valence-electron chi connectivity index (χ2n) is 21.2. The van der Waals surface area contributed by atoms with Crippen molar-refractivity contribution in [2.45, 2.75) is 297 Å². The highest BCUT2D eigenvalue weighted by molar-refractivity contribution is 5.71. The van der Waals surface area contributed by atoms with Crippen molar-refractivity contribution in [3.8, 4) is 0 Å². The number of rotatable bonds is 58. The zero-order valence-electron chi connectivity index (χ0n) is 51.3. The van der Waals surface area contributed by atoms with Gasteiger partial charge >= 0.3 is 17.9 Å². The van der Waals surface area contributed by atoms with Crippen LogP contribution in [0.2, 0.25) is 0 Å². The minimum Gasteiger partial charge on any atom is -0.462 e. The number of carbonyl (C=O) groups excluding carboxylic acids is 3. The topological polar surface area (TPSA) is 78.9 Å². The fraction of sp³-hybridized carbons (Fsp3) is 0.658. The normalized spacial score (nSPS) is 13.0. The van der Waals surface area contributed by atoms with Gasteiger partial charge in [-0.15, -0.1) is 0 Å². The SMILES string of the molecule is CC/C=C\C/C=C\C/C=C\C/C=C\C/C=C\CCCCCCCCCCCCCC(=O)OCC(COC(=O)CCCCCCCCC/C=C\C/C=C\C/C=C\CC)OC(=O)CCCCCCCCC/C=C\C/C=C\C/C=C\CC. The Morgan fingerprint density at radius 2 is 0.456 bits per heavy atom. The van der Waals surface area contributed by atoms with Crippen molar-refractivity contribution < 1.29 is 28.6 Å². The number of hydrogen-bond donors (Lipinski definition) is 0. The molecule has 1 atom stereocenters. The maximum atomic E-state index is 12.9. The first-order valence-electron chi connectivity index (χ1n) is 32.7. The lowest BCUT2D eigenvalue weighted by Gasteiger charge is -2.18. The monoisotopic (exact) mass is 1090 g/mol. The van der Waals surface area contributed by atoms with Crippen LogP contribution < -0.4 is 0 Å². The molecule has 0 N–H and O–H groups in total. The highest BCUT2D eigenvalue weighted by atomic mass is 16.6. The van der Waals surface area contributed by atoms with Crippen molar-refractivity contribution in [1.82, 2.24) is 0 Å². The minimum atomic E-state index is -0.795. The molecule has 0 aliphatic carbocycles. The van der Waals surface area contributed by atoms with Crippen molar-refractivity contribution in [2.24, 2.45) is 0 Å². The van der Waals surface area contributed by atoms with Crippen LogP contribution in [-0.4, -0.2) is 37.2 Å². The average molecular weight is 1090 g/mol. The standard InChI is InChI=1S/C73H120O6/c1-4-7-10-13-16-19-22-25-28-31-32-33-34-35-36-37-38-39-40-43-45-48-51-54-57-60-63-66-72(75)78-69-70(79-73(76)67-64-61-58-55-52-49-46-42-30-27-24-21-18-15-12-9-6-3)68-77-71(74)65-62-59-56-53-50-47-44-41-29-26-23-20-17-14-11-8-5-2/h7-12,16-21,25-30,32-33,35-36,70H,4-6,13-15,22-24,31,34,37-69H2,1-3H3/b10-7-,11-8-,12-9-,19-16-,20-17-,21-18-,28-25-,29-26-,30-27-,33-32-,36-35-. The largest absolute Gasteiger partial charge is 0.462 e. The molecule has 0 bridgehead atoms. The van der Waals surface area contributed by atoms with Gasteiger partial charge in [-0.1, -0.05) is 276 Å². The number of esters is 3. The molecule has 0 aromatic carbocycles. The first-order chi connectivity index (χ1) is 39.0. The zero-order valence-corrected chi connectivity index (χ0v) is 51.3. The van der Waals surface area contributed by atoms with E-state index in [9.17, 15) is 14.4 Å². The van der Waals surface area contributed by atoms with E-state index in [-0.39, 0.29) is 31.1 Å². The smallest absolute Gasteiger partial charge is 0.306 e. The van der Waals surface area contributed by atoms with Crippen LogP contribution in [0.1, 0.15) is 290 Å². The molecule has 0 aliphatic rings. The van der Waals surface area contributed by atoms with Crippen LogP contribution in [0, 0.1) is 0 Å². The molecule has 448 valence electrons. The number of unbranched alkanes of at least 4 members (excludes halogenated alkanes) is 25. The number of carbonyl (C=O) groups is 3. The Morgan fingerprint density at radius 1 is 0.253 bits per heavy atom. The maximum absolute atomic E-state index is 12.9. The van der Waals surface area contributed by atoms with Gasteiger partial charge in [-0.25, -0.2) is 0 Å². The molecular weight excluding hydrogens is 973 g/mol. The van der Waals surface area contributed by atoms with Crippen molar-refractivity contribution in [2.75, 3.05) is 13.2 Å². The molecule has 0 aliphatic heterocycles. The average Bonchev–Trinajstić information content (AvgIpc) is 3.45. The lowest BCUT2D eigenvalue weighted by Crippen LogP contribution is -2.30. The minimum absolute atomic E-state index is 0.0897. The zero-order chi connectivity index (χ0) is 57.1. The molecule has 0 aromatic heterocycles. The van der Waals surface area contributed by atoms with Gasteiger partial charge in [0.2, 0.25) is 0 Å². The van der Waals surface area contributed by atoms with E-state index in [0.717, 1.165) is 141 Å². The second-order valence-corrected chi connectivity index (χ2v) is 21.2. The van der Waals surface area contributed by atoms with Crippen molar-refractivity contribution in [3.63, 3.8) is 0 Å². The summed E-state index contributed by atoms with van der Waals surface area (Å²) in [5, 5.41) is 0. The molecule has 0 fully saturated rings. The molecule has 0 amide bonds. The maximum Gasteiger partial charge on any atom is 0.306 e. The predicted molar refractivity (Wildman–Crippen MR) is 343 cm³/mol. The molecule has 0 heterocycles. The molecule has 0 aromatic rings.